The number of amides is 1. The Morgan fingerprint density at radius 1 is 1.06 bits per heavy atom. The van der Waals surface area contributed by atoms with E-state index in [-0.39, 0.29) is 11.5 Å². The molecule has 1 heterocycles. The Bertz CT molecular complexity index is 1360. The Morgan fingerprint density at radius 3 is 2.40 bits per heavy atom. The summed E-state index contributed by atoms with van der Waals surface area (Å²) >= 11 is 1.30. The molecule has 2 N–H and O–H groups in total. The lowest BCUT2D eigenvalue weighted by atomic mass is 10.1. The summed E-state index contributed by atoms with van der Waals surface area (Å²) < 4.78 is 38.2. The maximum Gasteiger partial charge on any atom is 0.341 e. The Hall–Kier alpha value is -3.63. The van der Waals surface area contributed by atoms with Crippen molar-refractivity contribution in [3.05, 3.63) is 76.2 Å². The van der Waals surface area contributed by atoms with Gasteiger partial charge in [0, 0.05) is 11.0 Å². The molecule has 184 valence electrons. The summed E-state index contributed by atoms with van der Waals surface area (Å²) in [6, 6.07) is 12.8. The first-order valence-corrected chi connectivity index (χ1v) is 13.0. The van der Waals surface area contributed by atoms with Gasteiger partial charge in [-0.05, 0) is 62.2 Å². The highest BCUT2D eigenvalue weighted by molar-refractivity contribution is 7.92. The lowest BCUT2D eigenvalue weighted by Crippen LogP contribution is -2.13. The molecule has 0 saturated carbocycles. The summed E-state index contributed by atoms with van der Waals surface area (Å²) in [5.41, 5.74) is 2.08. The second-order valence-corrected chi connectivity index (χ2v) is 10.3. The van der Waals surface area contributed by atoms with E-state index in [2.05, 4.69) is 10.0 Å². The molecule has 0 aliphatic heterocycles. The van der Waals surface area contributed by atoms with Crippen LogP contribution in [0.1, 0.15) is 33.3 Å². The van der Waals surface area contributed by atoms with Crippen LogP contribution in [0.4, 0.5) is 10.7 Å². The van der Waals surface area contributed by atoms with E-state index in [0.29, 0.717) is 27.6 Å². The largest absolute Gasteiger partial charge is 0.495 e. The zero-order valence-corrected chi connectivity index (χ0v) is 21.4. The van der Waals surface area contributed by atoms with E-state index in [1.54, 1.807) is 49.4 Å². The number of esters is 1. The fourth-order valence-corrected chi connectivity index (χ4v) is 5.30. The Morgan fingerprint density at radius 2 is 1.74 bits per heavy atom. The van der Waals surface area contributed by atoms with Crippen molar-refractivity contribution in [2.24, 2.45) is 0 Å². The number of hydrogen-bond acceptors (Lipinski definition) is 7. The summed E-state index contributed by atoms with van der Waals surface area (Å²) in [4.78, 5) is 25.7. The van der Waals surface area contributed by atoms with Gasteiger partial charge in [0.1, 0.15) is 10.8 Å². The molecule has 2 aromatic carbocycles. The molecule has 0 saturated heterocycles. The van der Waals surface area contributed by atoms with Gasteiger partial charge < -0.3 is 14.8 Å². The van der Waals surface area contributed by atoms with E-state index in [1.165, 1.54) is 36.7 Å². The predicted molar refractivity (Wildman–Crippen MR) is 138 cm³/mol. The van der Waals surface area contributed by atoms with Crippen molar-refractivity contribution in [1.82, 2.24) is 0 Å². The van der Waals surface area contributed by atoms with Gasteiger partial charge in [0.25, 0.3) is 10.0 Å². The van der Waals surface area contributed by atoms with E-state index >= 15 is 0 Å². The normalized spacial score (nSPS) is 11.3. The van der Waals surface area contributed by atoms with E-state index in [1.807, 2.05) is 13.8 Å². The molecule has 35 heavy (non-hydrogen) atoms. The van der Waals surface area contributed by atoms with E-state index in [0.717, 1.165) is 10.4 Å². The molecular formula is C25H26N2O6S2. The van der Waals surface area contributed by atoms with Crippen LogP contribution in [0.25, 0.3) is 6.08 Å². The number of thiophene rings is 1. The SMILES string of the molecule is CCOC(=O)c1c(NC(=O)/C=C/c2ccc(S(=O)(=O)Nc3ccccc3OC)cc2)sc(C)c1C. The fraction of sp³-hybridized carbons (Fsp3) is 0.200. The van der Waals surface area contributed by atoms with Gasteiger partial charge >= 0.3 is 5.97 Å². The van der Waals surface area contributed by atoms with Gasteiger partial charge in [0.05, 0.1) is 29.9 Å². The highest BCUT2D eigenvalue weighted by Gasteiger charge is 2.21. The van der Waals surface area contributed by atoms with Crippen LogP contribution in [-0.2, 0) is 19.6 Å². The number of anilines is 2. The van der Waals surface area contributed by atoms with Crippen LogP contribution in [0.2, 0.25) is 0 Å². The van der Waals surface area contributed by atoms with Crippen molar-refractivity contribution in [2.75, 3.05) is 23.8 Å². The topological polar surface area (TPSA) is 111 Å². The van der Waals surface area contributed by atoms with E-state index < -0.39 is 21.9 Å². The third kappa shape index (κ3) is 6.28. The lowest BCUT2D eigenvalue weighted by molar-refractivity contribution is -0.111. The molecule has 0 aliphatic carbocycles. The van der Waals surface area contributed by atoms with Gasteiger partial charge in [0.15, 0.2) is 0 Å². The van der Waals surface area contributed by atoms with Crippen LogP contribution in [0.15, 0.2) is 59.5 Å². The zero-order valence-electron chi connectivity index (χ0n) is 19.7. The van der Waals surface area contributed by atoms with Crippen LogP contribution in [0.5, 0.6) is 5.75 Å². The minimum atomic E-state index is -3.83. The van der Waals surface area contributed by atoms with Gasteiger partial charge in [-0.15, -0.1) is 11.3 Å². The quantitative estimate of drug-likeness (QED) is 0.307. The third-order valence-electron chi connectivity index (χ3n) is 5.07. The van der Waals surface area contributed by atoms with Crippen molar-refractivity contribution < 1.29 is 27.5 Å². The minimum Gasteiger partial charge on any atom is -0.495 e. The first-order chi connectivity index (χ1) is 16.7. The Kier molecular flexibility index (Phi) is 8.31. The number of benzene rings is 2. The summed E-state index contributed by atoms with van der Waals surface area (Å²) in [5, 5.41) is 3.16. The third-order valence-corrected chi connectivity index (χ3v) is 7.57. The monoisotopic (exact) mass is 514 g/mol. The highest BCUT2D eigenvalue weighted by atomic mass is 32.2. The van der Waals surface area contributed by atoms with Crippen molar-refractivity contribution in [1.29, 1.82) is 0 Å². The van der Waals surface area contributed by atoms with Gasteiger partial charge in [-0.1, -0.05) is 24.3 Å². The summed E-state index contributed by atoms with van der Waals surface area (Å²) in [5.74, 6) is -0.498. The number of para-hydroxylation sites is 2. The zero-order chi connectivity index (χ0) is 25.6. The molecule has 0 bridgehead atoms. The predicted octanol–water partition coefficient (Wildman–Crippen LogP) is 5.00. The maximum atomic E-state index is 12.7. The average molecular weight is 515 g/mol. The maximum absolute atomic E-state index is 12.7. The summed E-state index contributed by atoms with van der Waals surface area (Å²) in [6.45, 7) is 5.63. The number of carbonyl (C=O) groups is 2. The minimum absolute atomic E-state index is 0.0635. The molecule has 3 rings (SSSR count). The van der Waals surface area contributed by atoms with Crippen molar-refractivity contribution >= 4 is 50.0 Å². The summed E-state index contributed by atoms with van der Waals surface area (Å²) in [6.07, 6.45) is 2.87. The van der Waals surface area contributed by atoms with E-state index in [4.69, 9.17) is 9.47 Å². The number of aryl methyl sites for hydroxylation is 1. The summed E-state index contributed by atoms with van der Waals surface area (Å²) in [7, 11) is -2.37. The molecule has 0 aliphatic rings. The molecular weight excluding hydrogens is 488 g/mol. The molecule has 0 unspecified atom stereocenters. The molecule has 1 aromatic heterocycles. The second kappa shape index (κ2) is 11.2. The van der Waals surface area contributed by atoms with Crippen LogP contribution < -0.4 is 14.8 Å². The van der Waals surface area contributed by atoms with Gasteiger partial charge in [-0.25, -0.2) is 13.2 Å². The van der Waals surface area contributed by atoms with Crippen molar-refractivity contribution in [3.8, 4) is 5.75 Å². The Balaban J connectivity index is 1.71. The van der Waals surface area contributed by atoms with Crippen LogP contribution in [0.3, 0.4) is 0 Å². The molecule has 0 atom stereocenters. The average Bonchev–Trinajstić information content (AvgIpc) is 3.11. The molecule has 0 radical (unpaired) electrons. The van der Waals surface area contributed by atoms with Crippen molar-refractivity contribution in [3.63, 3.8) is 0 Å². The van der Waals surface area contributed by atoms with Gasteiger partial charge in [-0.2, -0.15) is 0 Å². The van der Waals surface area contributed by atoms with Crippen LogP contribution in [0, 0.1) is 13.8 Å². The molecule has 1 amide bonds. The second-order valence-electron chi connectivity index (χ2n) is 7.41. The van der Waals surface area contributed by atoms with Crippen LogP contribution >= 0.6 is 11.3 Å². The molecule has 8 nitrogen and oxygen atoms in total. The molecule has 10 heteroatoms. The highest BCUT2D eigenvalue weighted by Crippen LogP contribution is 2.33. The standard InChI is InChI=1S/C25H26N2O6S2/c1-5-33-25(29)23-16(2)17(3)34-24(23)26-22(28)15-12-18-10-13-19(14-11-18)35(30,31)27-20-8-6-7-9-21(20)32-4/h6-15,27H,5H2,1-4H3,(H,26,28)/b15-12+. The first-order valence-electron chi connectivity index (χ1n) is 10.7. The molecule has 0 fully saturated rings. The number of rotatable bonds is 9. The van der Waals surface area contributed by atoms with E-state index in [9.17, 15) is 18.0 Å². The number of carbonyl (C=O) groups excluding carboxylic acids is 2. The first kappa shape index (κ1) is 26.0. The molecule has 3 aromatic rings. The van der Waals surface area contributed by atoms with Gasteiger partial charge in [-0.3, -0.25) is 9.52 Å². The molecule has 0 spiro atoms. The number of sulfonamides is 1. The van der Waals surface area contributed by atoms with Gasteiger partial charge in [0.2, 0.25) is 5.91 Å². The number of nitrogens with one attached hydrogen (secondary N) is 2. The van der Waals surface area contributed by atoms with Crippen molar-refractivity contribution in [2.45, 2.75) is 25.7 Å². The number of ether oxygens (including phenoxy) is 2. The fourth-order valence-electron chi connectivity index (χ4n) is 3.18. The Labute approximate surface area is 208 Å². The van der Waals surface area contributed by atoms with Crippen LogP contribution in [-0.4, -0.2) is 34.0 Å². The number of hydrogen-bond donors (Lipinski definition) is 2. The number of methoxy groups -OCH3 is 1. The smallest absolute Gasteiger partial charge is 0.341 e. The lowest BCUT2D eigenvalue weighted by Gasteiger charge is -2.11.